The van der Waals surface area contributed by atoms with Crippen molar-refractivity contribution in [3.63, 3.8) is 0 Å². The number of piperazine rings is 1. The molecule has 6 heteroatoms. The molecule has 0 unspecified atom stereocenters. The number of ether oxygens (including phenoxy) is 2. The first-order valence-electron chi connectivity index (χ1n) is 9.38. The van der Waals surface area contributed by atoms with E-state index in [9.17, 15) is 0 Å². The third-order valence-electron chi connectivity index (χ3n) is 5.06. The lowest BCUT2D eigenvalue weighted by atomic mass is 10.1. The lowest BCUT2D eigenvalue weighted by Gasteiger charge is -2.34. The smallest absolute Gasteiger partial charge is 0.122 e. The molecule has 1 aliphatic heterocycles. The first-order valence-corrected chi connectivity index (χ1v) is 9.38. The minimum absolute atomic E-state index is 0.852. The topological polar surface area (TPSA) is 42.8 Å². The van der Waals surface area contributed by atoms with E-state index < -0.39 is 0 Å². The van der Waals surface area contributed by atoms with Gasteiger partial charge in [0.1, 0.15) is 17.3 Å². The highest BCUT2D eigenvalue weighted by atomic mass is 16.5. The van der Waals surface area contributed by atoms with Gasteiger partial charge in [0.25, 0.3) is 0 Å². The molecule has 0 bridgehead atoms. The summed E-state index contributed by atoms with van der Waals surface area (Å²) in [4.78, 5) is 9.44. The Balaban J connectivity index is 1.48. The highest BCUT2D eigenvalue weighted by Gasteiger charge is 2.17. The SMILES string of the molecule is CCc1nccn1CCN1CCN(Cc2cc(OC)cc(OC)c2)CC1. The number of hydrogen-bond donors (Lipinski definition) is 0. The van der Waals surface area contributed by atoms with E-state index in [0.29, 0.717) is 0 Å². The summed E-state index contributed by atoms with van der Waals surface area (Å²) in [5.41, 5.74) is 1.24. The number of aromatic nitrogens is 2. The molecule has 26 heavy (non-hydrogen) atoms. The molecular formula is C20H30N4O2. The molecule has 0 atom stereocenters. The van der Waals surface area contributed by atoms with Gasteiger partial charge < -0.3 is 14.0 Å². The molecule has 6 nitrogen and oxygen atoms in total. The average Bonchev–Trinajstić information content (AvgIpc) is 3.14. The summed E-state index contributed by atoms with van der Waals surface area (Å²) >= 11 is 0. The van der Waals surface area contributed by atoms with Crippen molar-refractivity contribution in [2.45, 2.75) is 26.4 Å². The zero-order chi connectivity index (χ0) is 18.4. The number of methoxy groups -OCH3 is 2. The summed E-state index contributed by atoms with van der Waals surface area (Å²) < 4.78 is 13.0. The summed E-state index contributed by atoms with van der Waals surface area (Å²) in [6, 6.07) is 6.11. The number of aryl methyl sites for hydroxylation is 1. The van der Waals surface area contributed by atoms with E-state index in [-0.39, 0.29) is 0 Å². The van der Waals surface area contributed by atoms with Gasteiger partial charge in [-0.15, -0.1) is 0 Å². The molecule has 0 radical (unpaired) electrons. The summed E-state index contributed by atoms with van der Waals surface area (Å²) in [7, 11) is 3.39. The number of imidazole rings is 1. The van der Waals surface area contributed by atoms with Crippen LogP contribution in [0.15, 0.2) is 30.6 Å². The second kappa shape index (κ2) is 9.05. The van der Waals surface area contributed by atoms with Gasteiger partial charge in [-0.3, -0.25) is 9.80 Å². The Morgan fingerprint density at radius 3 is 2.19 bits per heavy atom. The maximum Gasteiger partial charge on any atom is 0.122 e. The lowest BCUT2D eigenvalue weighted by molar-refractivity contribution is 0.124. The second-order valence-corrected chi connectivity index (χ2v) is 6.73. The Bertz CT molecular complexity index is 671. The van der Waals surface area contributed by atoms with E-state index in [2.05, 4.69) is 44.6 Å². The Morgan fingerprint density at radius 2 is 1.58 bits per heavy atom. The molecule has 0 spiro atoms. The van der Waals surface area contributed by atoms with Crippen LogP contribution in [0.4, 0.5) is 0 Å². The van der Waals surface area contributed by atoms with Crippen molar-refractivity contribution in [3.05, 3.63) is 42.0 Å². The second-order valence-electron chi connectivity index (χ2n) is 6.73. The molecule has 1 aromatic heterocycles. The third kappa shape index (κ3) is 4.77. The summed E-state index contributed by atoms with van der Waals surface area (Å²) in [6.07, 6.45) is 4.98. The Morgan fingerprint density at radius 1 is 0.923 bits per heavy atom. The fourth-order valence-electron chi connectivity index (χ4n) is 3.49. The van der Waals surface area contributed by atoms with Crippen LogP contribution in [0.2, 0.25) is 0 Å². The summed E-state index contributed by atoms with van der Waals surface area (Å²) in [6.45, 7) is 9.59. The summed E-state index contributed by atoms with van der Waals surface area (Å²) in [5, 5.41) is 0. The summed E-state index contributed by atoms with van der Waals surface area (Å²) in [5.74, 6) is 2.88. The zero-order valence-electron chi connectivity index (χ0n) is 16.1. The van der Waals surface area contributed by atoms with Crippen LogP contribution in [-0.4, -0.2) is 66.3 Å². The van der Waals surface area contributed by atoms with Crippen LogP contribution in [-0.2, 0) is 19.5 Å². The van der Waals surface area contributed by atoms with Crippen LogP contribution in [0.25, 0.3) is 0 Å². The molecule has 0 saturated carbocycles. The molecule has 2 heterocycles. The highest BCUT2D eigenvalue weighted by molar-refractivity contribution is 5.38. The van der Waals surface area contributed by atoms with E-state index in [1.807, 2.05) is 12.3 Å². The standard InChI is InChI=1S/C20H30N4O2/c1-4-20-21-5-6-24(20)12-11-22-7-9-23(10-8-22)16-17-13-18(25-2)15-19(14-17)26-3/h5-6,13-15H,4,7-12,16H2,1-3H3. The van der Waals surface area contributed by atoms with Gasteiger partial charge in [-0.05, 0) is 17.7 Å². The quantitative estimate of drug-likeness (QED) is 0.724. The molecule has 0 amide bonds. The fourth-order valence-corrected chi connectivity index (χ4v) is 3.49. The van der Waals surface area contributed by atoms with Crippen LogP contribution >= 0.6 is 0 Å². The van der Waals surface area contributed by atoms with Crippen LogP contribution in [0.1, 0.15) is 18.3 Å². The van der Waals surface area contributed by atoms with Crippen LogP contribution in [0.5, 0.6) is 11.5 Å². The van der Waals surface area contributed by atoms with Crippen molar-refractivity contribution >= 4 is 0 Å². The van der Waals surface area contributed by atoms with E-state index in [0.717, 1.165) is 63.7 Å². The lowest BCUT2D eigenvalue weighted by Crippen LogP contribution is -2.46. The van der Waals surface area contributed by atoms with Gasteiger partial charge in [0.2, 0.25) is 0 Å². The molecule has 2 aromatic rings. The predicted molar refractivity (Wildman–Crippen MR) is 103 cm³/mol. The van der Waals surface area contributed by atoms with Gasteiger partial charge in [-0.2, -0.15) is 0 Å². The van der Waals surface area contributed by atoms with Crippen LogP contribution in [0.3, 0.4) is 0 Å². The first-order chi connectivity index (χ1) is 12.7. The Kier molecular flexibility index (Phi) is 6.52. The van der Waals surface area contributed by atoms with E-state index in [4.69, 9.17) is 9.47 Å². The van der Waals surface area contributed by atoms with Gasteiger partial charge in [-0.25, -0.2) is 4.98 Å². The molecular weight excluding hydrogens is 328 g/mol. The molecule has 0 N–H and O–H groups in total. The van der Waals surface area contributed by atoms with Crippen molar-refractivity contribution in [2.75, 3.05) is 46.9 Å². The minimum Gasteiger partial charge on any atom is -0.497 e. The van der Waals surface area contributed by atoms with Crippen molar-refractivity contribution in [3.8, 4) is 11.5 Å². The molecule has 0 aliphatic carbocycles. The molecule has 3 rings (SSSR count). The first kappa shape index (κ1) is 18.7. The Labute approximate surface area is 156 Å². The minimum atomic E-state index is 0.852. The molecule has 1 saturated heterocycles. The van der Waals surface area contributed by atoms with Crippen LogP contribution in [0, 0.1) is 0 Å². The van der Waals surface area contributed by atoms with Gasteiger partial charge in [0, 0.05) is 70.7 Å². The number of hydrogen-bond acceptors (Lipinski definition) is 5. The molecule has 1 aliphatic rings. The van der Waals surface area contributed by atoms with Gasteiger partial charge in [0.05, 0.1) is 14.2 Å². The van der Waals surface area contributed by atoms with Crippen LogP contribution < -0.4 is 9.47 Å². The fraction of sp³-hybridized carbons (Fsp3) is 0.550. The van der Waals surface area contributed by atoms with Gasteiger partial charge >= 0.3 is 0 Å². The van der Waals surface area contributed by atoms with E-state index in [1.165, 1.54) is 11.4 Å². The zero-order valence-corrected chi connectivity index (χ0v) is 16.1. The molecule has 142 valence electrons. The molecule has 1 aromatic carbocycles. The number of benzene rings is 1. The van der Waals surface area contributed by atoms with Crippen molar-refractivity contribution in [2.24, 2.45) is 0 Å². The van der Waals surface area contributed by atoms with Crippen molar-refractivity contribution < 1.29 is 9.47 Å². The maximum atomic E-state index is 5.38. The Hall–Kier alpha value is -2.05. The van der Waals surface area contributed by atoms with E-state index in [1.54, 1.807) is 14.2 Å². The normalized spacial score (nSPS) is 16.0. The average molecular weight is 358 g/mol. The monoisotopic (exact) mass is 358 g/mol. The third-order valence-corrected chi connectivity index (χ3v) is 5.06. The van der Waals surface area contributed by atoms with E-state index >= 15 is 0 Å². The largest absolute Gasteiger partial charge is 0.497 e. The number of rotatable bonds is 8. The number of nitrogens with zero attached hydrogens (tertiary/aromatic N) is 4. The van der Waals surface area contributed by atoms with Crippen molar-refractivity contribution in [1.29, 1.82) is 0 Å². The van der Waals surface area contributed by atoms with Gasteiger partial charge in [-0.1, -0.05) is 6.92 Å². The van der Waals surface area contributed by atoms with Crippen molar-refractivity contribution in [1.82, 2.24) is 19.4 Å². The predicted octanol–water partition coefficient (Wildman–Crippen LogP) is 2.28. The van der Waals surface area contributed by atoms with Gasteiger partial charge in [0.15, 0.2) is 0 Å². The highest BCUT2D eigenvalue weighted by Crippen LogP contribution is 2.23. The molecule has 1 fully saturated rings. The maximum absolute atomic E-state index is 5.38.